The van der Waals surface area contributed by atoms with E-state index < -0.39 is 23.7 Å². The first-order chi connectivity index (χ1) is 9.19. The fraction of sp³-hybridized carbons (Fsp3) is 0.615. The standard InChI is InChI=1S/C13H19N3O4/c1-13(2,3)20-12(19)16-7-8(10(16)11(17)18)9-5-6-15(4)14-9/h5-6,8,10H,7H2,1-4H3,(H,17,18). The van der Waals surface area contributed by atoms with Crippen molar-refractivity contribution in [1.82, 2.24) is 14.7 Å². The second-order valence-electron chi connectivity index (χ2n) is 5.94. The van der Waals surface area contributed by atoms with Crippen LogP contribution in [0.15, 0.2) is 12.3 Å². The van der Waals surface area contributed by atoms with Gasteiger partial charge < -0.3 is 9.84 Å². The number of carboxylic acids is 1. The molecule has 2 rings (SSSR count). The Hall–Kier alpha value is -2.05. The molecule has 0 bridgehead atoms. The van der Waals surface area contributed by atoms with Crippen LogP contribution in [0.4, 0.5) is 4.79 Å². The van der Waals surface area contributed by atoms with E-state index in [4.69, 9.17) is 4.74 Å². The molecular weight excluding hydrogens is 262 g/mol. The normalized spacial score (nSPS) is 22.3. The summed E-state index contributed by atoms with van der Waals surface area (Å²) in [7, 11) is 1.77. The van der Waals surface area contributed by atoms with Gasteiger partial charge in [-0.15, -0.1) is 0 Å². The fourth-order valence-electron chi connectivity index (χ4n) is 2.20. The van der Waals surface area contributed by atoms with Gasteiger partial charge in [0.25, 0.3) is 0 Å². The summed E-state index contributed by atoms with van der Waals surface area (Å²) < 4.78 is 6.82. The monoisotopic (exact) mass is 281 g/mol. The summed E-state index contributed by atoms with van der Waals surface area (Å²) in [6, 6.07) is 0.854. The van der Waals surface area contributed by atoms with Gasteiger partial charge in [0.2, 0.25) is 0 Å². The Balaban J connectivity index is 2.11. The number of carboxylic acid groups (broad SMARTS) is 1. The predicted octanol–water partition coefficient (Wildman–Crippen LogP) is 1.21. The lowest BCUT2D eigenvalue weighted by atomic mass is 9.86. The van der Waals surface area contributed by atoms with Gasteiger partial charge in [0, 0.05) is 19.8 Å². The Bertz CT molecular complexity index is 532. The van der Waals surface area contributed by atoms with Crippen LogP contribution in [0, 0.1) is 0 Å². The fourth-order valence-corrected chi connectivity index (χ4v) is 2.20. The third-order valence-electron chi connectivity index (χ3n) is 3.11. The first-order valence-electron chi connectivity index (χ1n) is 6.41. The van der Waals surface area contributed by atoms with Crippen molar-refractivity contribution in [3.63, 3.8) is 0 Å². The number of aryl methyl sites for hydroxylation is 1. The van der Waals surface area contributed by atoms with Gasteiger partial charge in [-0.2, -0.15) is 5.10 Å². The van der Waals surface area contributed by atoms with Crippen LogP contribution in [0.3, 0.4) is 0 Å². The minimum Gasteiger partial charge on any atom is -0.480 e. The zero-order valence-corrected chi connectivity index (χ0v) is 12.0. The number of amides is 1. The molecule has 2 atom stereocenters. The van der Waals surface area contributed by atoms with E-state index in [1.807, 2.05) is 0 Å². The highest BCUT2D eigenvalue weighted by Crippen LogP contribution is 2.34. The van der Waals surface area contributed by atoms with Crippen molar-refractivity contribution in [3.05, 3.63) is 18.0 Å². The number of carbonyl (C=O) groups excluding carboxylic acids is 1. The molecule has 0 radical (unpaired) electrons. The molecule has 1 amide bonds. The Morgan fingerprint density at radius 1 is 1.45 bits per heavy atom. The average molecular weight is 281 g/mol. The molecule has 0 saturated carbocycles. The van der Waals surface area contributed by atoms with E-state index in [2.05, 4.69) is 5.10 Å². The smallest absolute Gasteiger partial charge is 0.411 e. The molecule has 20 heavy (non-hydrogen) atoms. The maximum atomic E-state index is 12.0. The Labute approximate surface area is 117 Å². The Morgan fingerprint density at radius 3 is 2.55 bits per heavy atom. The highest BCUT2D eigenvalue weighted by atomic mass is 16.6. The van der Waals surface area contributed by atoms with Crippen LogP contribution in [-0.2, 0) is 16.6 Å². The molecule has 0 aliphatic carbocycles. The molecule has 1 saturated heterocycles. The van der Waals surface area contributed by atoms with Crippen molar-refractivity contribution in [1.29, 1.82) is 0 Å². The second kappa shape index (κ2) is 4.81. The van der Waals surface area contributed by atoms with Crippen molar-refractivity contribution in [2.45, 2.75) is 38.3 Å². The number of hydrogen-bond acceptors (Lipinski definition) is 4. The van der Waals surface area contributed by atoms with Crippen molar-refractivity contribution >= 4 is 12.1 Å². The van der Waals surface area contributed by atoms with Gasteiger partial charge in [0.15, 0.2) is 0 Å². The molecule has 110 valence electrons. The molecule has 2 heterocycles. The summed E-state index contributed by atoms with van der Waals surface area (Å²) in [4.78, 5) is 24.6. The molecular formula is C13H19N3O4. The molecule has 7 heteroatoms. The lowest BCUT2D eigenvalue weighted by Crippen LogP contribution is -2.61. The number of rotatable bonds is 2. The topological polar surface area (TPSA) is 84.7 Å². The molecule has 0 aromatic carbocycles. The van der Waals surface area contributed by atoms with E-state index in [1.54, 1.807) is 44.8 Å². The SMILES string of the molecule is Cn1ccc(C2CN(C(=O)OC(C)(C)C)C2C(=O)O)n1. The number of likely N-dealkylation sites (tertiary alicyclic amines) is 1. The summed E-state index contributed by atoms with van der Waals surface area (Å²) in [5.74, 6) is -1.33. The molecule has 1 fully saturated rings. The molecule has 1 aliphatic heterocycles. The van der Waals surface area contributed by atoms with Crippen LogP contribution < -0.4 is 0 Å². The lowest BCUT2D eigenvalue weighted by molar-refractivity contribution is -0.149. The van der Waals surface area contributed by atoms with E-state index >= 15 is 0 Å². The summed E-state index contributed by atoms with van der Waals surface area (Å²) in [5.41, 5.74) is 0.0376. The third-order valence-corrected chi connectivity index (χ3v) is 3.11. The number of nitrogens with zero attached hydrogens (tertiary/aromatic N) is 3. The molecule has 7 nitrogen and oxygen atoms in total. The van der Waals surface area contributed by atoms with E-state index in [-0.39, 0.29) is 5.92 Å². The highest BCUT2D eigenvalue weighted by molar-refractivity contribution is 5.83. The second-order valence-corrected chi connectivity index (χ2v) is 5.94. The predicted molar refractivity (Wildman–Crippen MR) is 70.3 cm³/mol. The molecule has 1 aromatic rings. The molecule has 1 aliphatic rings. The zero-order valence-electron chi connectivity index (χ0n) is 12.0. The van der Waals surface area contributed by atoms with E-state index in [0.717, 1.165) is 0 Å². The number of aliphatic carboxylic acids is 1. The molecule has 1 N–H and O–H groups in total. The van der Waals surface area contributed by atoms with Crippen LogP contribution in [0.5, 0.6) is 0 Å². The summed E-state index contributed by atoms with van der Waals surface area (Å²) in [6.45, 7) is 5.55. The maximum Gasteiger partial charge on any atom is 0.411 e. The number of hydrogen-bond donors (Lipinski definition) is 1. The number of ether oxygens (including phenoxy) is 1. The number of carbonyl (C=O) groups is 2. The lowest BCUT2D eigenvalue weighted by Gasteiger charge is -2.44. The Kier molecular flexibility index (Phi) is 3.45. The van der Waals surface area contributed by atoms with Crippen LogP contribution >= 0.6 is 0 Å². The third kappa shape index (κ3) is 2.76. The van der Waals surface area contributed by atoms with Crippen LogP contribution in [0.1, 0.15) is 32.4 Å². The van der Waals surface area contributed by atoms with Crippen LogP contribution in [0.25, 0.3) is 0 Å². The first-order valence-corrected chi connectivity index (χ1v) is 6.41. The van der Waals surface area contributed by atoms with Crippen molar-refractivity contribution < 1.29 is 19.4 Å². The maximum absolute atomic E-state index is 12.0. The summed E-state index contributed by atoms with van der Waals surface area (Å²) in [6.07, 6.45) is 1.15. The average Bonchev–Trinajstić information content (AvgIpc) is 2.59. The van der Waals surface area contributed by atoms with Crippen molar-refractivity contribution in [2.75, 3.05) is 6.54 Å². The van der Waals surface area contributed by atoms with E-state index in [9.17, 15) is 14.7 Å². The summed E-state index contributed by atoms with van der Waals surface area (Å²) >= 11 is 0. The minimum atomic E-state index is -1.04. The van der Waals surface area contributed by atoms with Gasteiger partial charge in [-0.3, -0.25) is 9.58 Å². The molecule has 0 spiro atoms. The first kappa shape index (κ1) is 14.4. The van der Waals surface area contributed by atoms with Gasteiger partial charge in [0.1, 0.15) is 11.6 Å². The Morgan fingerprint density at radius 2 is 2.10 bits per heavy atom. The van der Waals surface area contributed by atoms with Gasteiger partial charge in [-0.1, -0.05) is 0 Å². The van der Waals surface area contributed by atoms with Crippen LogP contribution in [-0.4, -0.2) is 50.0 Å². The number of aromatic nitrogens is 2. The minimum absolute atomic E-state index is 0.291. The highest BCUT2D eigenvalue weighted by Gasteiger charge is 2.49. The molecule has 2 unspecified atom stereocenters. The largest absolute Gasteiger partial charge is 0.480 e. The van der Waals surface area contributed by atoms with E-state index in [1.165, 1.54) is 4.90 Å². The van der Waals surface area contributed by atoms with Gasteiger partial charge >= 0.3 is 12.1 Å². The molecule has 1 aromatic heterocycles. The van der Waals surface area contributed by atoms with Crippen LogP contribution in [0.2, 0.25) is 0 Å². The van der Waals surface area contributed by atoms with Gasteiger partial charge in [-0.25, -0.2) is 9.59 Å². The van der Waals surface area contributed by atoms with E-state index in [0.29, 0.717) is 12.2 Å². The van der Waals surface area contributed by atoms with Crippen molar-refractivity contribution in [2.24, 2.45) is 7.05 Å². The van der Waals surface area contributed by atoms with Gasteiger partial charge in [-0.05, 0) is 26.8 Å². The van der Waals surface area contributed by atoms with Crippen molar-refractivity contribution in [3.8, 4) is 0 Å². The zero-order chi connectivity index (χ0) is 15.1. The summed E-state index contributed by atoms with van der Waals surface area (Å²) in [5, 5.41) is 13.5. The quantitative estimate of drug-likeness (QED) is 0.880. The van der Waals surface area contributed by atoms with Gasteiger partial charge in [0.05, 0.1) is 11.6 Å².